The molecule has 0 aliphatic rings. The van der Waals surface area contributed by atoms with E-state index in [1.807, 2.05) is 63.2 Å². The van der Waals surface area contributed by atoms with E-state index >= 15 is 0 Å². The molecule has 0 fully saturated rings. The van der Waals surface area contributed by atoms with E-state index in [9.17, 15) is 18.0 Å². The Hall–Kier alpha value is -3.85. The first kappa shape index (κ1) is 35.0. The van der Waals surface area contributed by atoms with E-state index in [-0.39, 0.29) is 29.7 Å². The van der Waals surface area contributed by atoms with Gasteiger partial charge >= 0.3 is 0 Å². The van der Waals surface area contributed by atoms with Crippen LogP contribution in [0.25, 0.3) is 0 Å². The maximum absolute atomic E-state index is 14.6. The number of amides is 2. The fourth-order valence-electron chi connectivity index (χ4n) is 5.05. The van der Waals surface area contributed by atoms with E-state index < -0.39 is 28.5 Å². The summed E-state index contributed by atoms with van der Waals surface area (Å²) in [6.45, 7) is 5.77. The molecule has 0 heterocycles. The predicted octanol–water partition coefficient (Wildman–Crippen LogP) is 7.48. The normalized spacial score (nSPS) is 12.0. The fraction of sp³-hybridized carbons (Fsp3) is 0.278. The van der Waals surface area contributed by atoms with Gasteiger partial charge in [0.2, 0.25) is 11.8 Å². The van der Waals surface area contributed by atoms with Crippen LogP contribution in [0.2, 0.25) is 10.0 Å². The van der Waals surface area contributed by atoms with E-state index in [0.29, 0.717) is 34.3 Å². The highest BCUT2D eigenvalue weighted by atomic mass is 35.5. The summed E-state index contributed by atoms with van der Waals surface area (Å²) in [5.41, 5.74) is 2.64. The van der Waals surface area contributed by atoms with Crippen molar-refractivity contribution < 1.29 is 18.0 Å². The number of nitrogens with zero attached hydrogens (tertiary/aromatic N) is 2. The molecule has 0 aliphatic carbocycles. The van der Waals surface area contributed by atoms with Crippen LogP contribution in [0.5, 0.6) is 0 Å². The number of sulfonamides is 1. The topological polar surface area (TPSA) is 86.8 Å². The number of nitrogens with one attached hydrogen (secondary N) is 1. The van der Waals surface area contributed by atoms with Gasteiger partial charge in [0.05, 0.1) is 10.6 Å². The zero-order valence-electron chi connectivity index (χ0n) is 26.2. The summed E-state index contributed by atoms with van der Waals surface area (Å²) in [6, 6.07) is 28.5. The Morgan fingerprint density at radius 2 is 1.39 bits per heavy atom. The first-order valence-corrected chi connectivity index (χ1v) is 17.4. The molecule has 4 aromatic carbocycles. The third-order valence-corrected chi connectivity index (χ3v) is 10.2. The molecule has 2 amide bonds. The molecule has 1 unspecified atom stereocenters. The zero-order valence-corrected chi connectivity index (χ0v) is 28.5. The maximum Gasteiger partial charge on any atom is 0.264 e. The smallest absolute Gasteiger partial charge is 0.264 e. The summed E-state index contributed by atoms with van der Waals surface area (Å²) >= 11 is 13.1. The van der Waals surface area contributed by atoms with Crippen molar-refractivity contribution in [1.29, 1.82) is 0 Å². The van der Waals surface area contributed by atoms with Crippen LogP contribution in [-0.4, -0.2) is 44.3 Å². The highest BCUT2D eigenvalue weighted by Gasteiger charge is 2.35. The minimum absolute atomic E-state index is 0.0398. The van der Waals surface area contributed by atoms with Crippen molar-refractivity contribution in [3.05, 3.63) is 130 Å². The molecule has 0 bridgehead atoms. The lowest BCUT2D eigenvalue weighted by molar-refractivity contribution is -0.140. The van der Waals surface area contributed by atoms with E-state index in [1.165, 1.54) is 17.0 Å². The Morgan fingerprint density at radius 3 is 1.96 bits per heavy atom. The Bertz CT molecular complexity index is 1700. The average Bonchev–Trinajstić information content (AvgIpc) is 3.06. The number of anilines is 1. The third kappa shape index (κ3) is 8.69. The molecule has 0 radical (unpaired) electrons. The van der Waals surface area contributed by atoms with Crippen molar-refractivity contribution in [2.24, 2.45) is 0 Å². The molecule has 0 saturated carbocycles. The summed E-state index contributed by atoms with van der Waals surface area (Å²) in [6.07, 6.45) is 0.891. The second-order valence-corrected chi connectivity index (χ2v) is 14.0. The number of rotatable bonds is 14. The van der Waals surface area contributed by atoms with E-state index in [4.69, 9.17) is 23.2 Å². The van der Waals surface area contributed by atoms with Crippen molar-refractivity contribution in [2.75, 3.05) is 17.4 Å². The minimum atomic E-state index is -4.19. The van der Waals surface area contributed by atoms with Gasteiger partial charge in [-0.25, -0.2) is 8.42 Å². The lowest BCUT2D eigenvalue weighted by Crippen LogP contribution is -2.53. The summed E-state index contributed by atoms with van der Waals surface area (Å²) in [5, 5.41) is 3.59. The highest BCUT2D eigenvalue weighted by Crippen LogP contribution is 2.29. The Kier molecular flexibility index (Phi) is 12.3. The molecule has 0 saturated heterocycles. The van der Waals surface area contributed by atoms with Gasteiger partial charge in [-0.05, 0) is 59.9 Å². The van der Waals surface area contributed by atoms with Gasteiger partial charge in [0.15, 0.2) is 0 Å². The molecule has 4 rings (SSSR count). The highest BCUT2D eigenvalue weighted by molar-refractivity contribution is 7.92. The number of benzene rings is 4. The first-order valence-electron chi connectivity index (χ1n) is 15.2. The second-order valence-electron chi connectivity index (χ2n) is 11.3. The molecule has 0 aliphatic heterocycles. The van der Waals surface area contributed by atoms with Gasteiger partial charge < -0.3 is 10.2 Å². The van der Waals surface area contributed by atoms with Crippen molar-refractivity contribution >= 4 is 50.7 Å². The molecule has 0 spiro atoms. The zero-order chi connectivity index (χ0) is 33.3. The van der Waals surface area contributed by atoms with Gasteiger partial charge in [-0.1, -0.05) is 111 Å². The van der Waals surface area contributed by atoms with Gasteiger partial charge in [0.1, 0.15) is 12.6 Å². The molecule has 10 heteroatoms. The van der Waals surface area contributed by atoms with Gasteiger partial charge in [-0.3, -0.25) is 13.9 Å². The molecule has 0 aromatic heterocycles. The maximum atomic E-state index is 14.6. The van der Waals surface area contributed by atoms with Gasteiger partial charge in [-0.15, -0.1) is 0 Å². The lowest BCUT2D eigenvalue weighted by Gasteiger charge is -2.34. The third-order valence-electron chi connectivity index (χ3n) is 7.67. The quantitative estimate of drug-likeness (QED) is 0.150. The number of halogens is 2. The molecule has 46 heavy (non-hydrogen) atoms. The van der Waals surface area contributed by atoms with Gasteiger partial charge in [0, 0.05) is 35.1 Å². The lowest BCUT2D eigenvalue weighted by atomic mass is 10.0. The van der Waals surface area contributed by atoms with E-state index in [2.05, 4.69) is 5.32 Å². The van der Waals surface area contributed by atoms with Crippen molar-refractivity contribution in [3.63, 3.8) is 0 Å². The number of carbonyl (C=O) groups is 2. The fourth-order valence-corrected chi connectivity index (χ4v) is 7.00. The standard InChI is InChI=1S/C36H39Cl2N3O4S/c1-4-22-39-36(43)34(23-27-12-7-5-8-13-27)40(24-31-32(37)16-11-17-33(31)38)35(42)25-41(29-20-18-28(19-21-29)26(2)3)46(44,45)30-14-9-6-10-15-30/h5-21,26,34H,4,22-25H2,1-3H3,(H,39,43). The van der Waals surface area contributed by atoms with Crippen LogP contribution in [0.15, 0.2) is 108 Å². The molecule has 1 N–H and O–H groups in total. The largest absolute Gasteiger partial charge is 0.354 e. The van der Waals surface area contributed by atoms with E-state index in [1.54, 1.807) is 48.5 Å². The van der Waals surface area contributed by atoms with Crippen molar-refractivity contribution in [1.82, 2.24) is 10.2 Å². The molecule has 1 atom stereocenters. The minimum Gasteiger partial charge on any atom is -0.354 e. The summed E-state index contributed by atoms with van der Waals surface area (Å²) < 4.78 is 29.4. The predicted molar refractivity (Wildman–Crippen MR) is 186 cm³/mol. The van der Waals surface area contributed by atoms with Crippen molar-refractivity contribution in [3.8, 4) is 0 Å². The Balaban J connectivity index is 1.83. The molecule has 7 nitrogen and oxygen atoms in total. The molecular weight excluding hydrogens is 641 g/mol. The number of hydrogen-bond acceptors (Lipinski definition) is 4. The van der Waals surface area contributed by atoms with E-state index in [0.717, 1.165) is 15.4 Å². The van der Waals surface area contributed by atoms with Crippen LogP contribution in [0, 0.1) is 0 Å². The van der Waals surface area contributed by atoms with Crippen LogP contribution in [0.1, 0.15) is 49.8 Å². The van der Waals surface area contributed by atoms with Crippen LogP contribution in [0.4, 0.5) is 5.69 Å². The van der Waals surface area contributed by atoms with Crippen LogP contribution in [0.3, 0.4) is 0 Å². The average molecular weight is 681 g/mol. The molecular formula is C36H39Cl2N3O4S. The summed E-state index contributed by atoms with van der Waals surface area (Å²) in [7, 11) is -4.19. The number of carbonyl (C=O) groups excluding carboxylic acids is 2. The molecule has 242 valence electrons. The SMILES string of the molecule is CCCNC(=O)C(Cc1ccccc1)N(Cc1c(Cl)cccc1Cl)C(=O)CN(c1ccc(C(C)C)cc1)S(=O)(=O)c1ccccc1. The first-order chi connectivity index (χ1) is 22.0. The van der Waals surface area contributed by atoms with Crippen molar-refractivity contribution in [2.45, 2.75) is 57.0 Å². The summed E-state index contributed by atoms with van der Waals surface area (Å²) in [5.74, 6) is -0.719. The molecule has 4 aromatic rings. The van der Waals surface area contributed by atoms with Crippen LogP contribution < -0.4 is 9.62 Å². The number of hydrogen-bond donors (Lipinski definition) is 1. The van der Waals surface area contributed by atoms with Crippen LogP contribution >= 0.6 is 23.2 Å². The second kappa shape index (κ2) is 16.1. The summed E-state index contributed by atoms with van der Waals surface area (Å²) in [4.78, 5) is 29.8. The van der Waals surface area contributed by atoms with Gasteiger partial charge in [-0.2, -0.15) is 0 Å². The monoisotopic (exact) mass is 679 g/mol. The van der Waals surface area contributed by atoms with Crippen LogP contribution in [-0.2, 0) is 32.6 Å². The van der Waals surface area contributed by atoms with Gasteiger partial charge in [0.25, 0.3) is 10.0 Å². The Morgan fingerprint density at radius 1 is 0.804 bits per heavy atom. The Labute approximate surface area is 282 Å².